The van der Waals surface area contributed by atoms with Crippen LogP contribution in [0.5, 0.6) is 0 Å². The van der Waals surface area contributed by atoms with Crippen LogP contribution in [0, 0.1) is 11.3 Å². The highest BCUT2D eigenvalue weighted by atomic mass is 16.2. The third-order valence-corrected chi connectivity index (χ3v) is 6.26. The van der Waals surface area contributed by atoms with Gasteiger partial charge in [0.25, 0.3) is 0 Å². The zero-order valence-electron chi connectivity index (χ0n) is 17.0. The summed E-state index contributed by atoms with van der Waals surface area (Å²) in [5.41, 5.74) is 0.0340. The molecule has 1 atom stereocenters. The lowest BCUT2D eigenvalue weighted by atomic mass is 9.91. The molecule has 3 fully saturated rings. The first kappa shape index (κ1) is 19.7. The monoisotopic (exact) mass is 363 g/mol. The number of nitrogens with zero attached hydrogens (tertiary/aromatic N) is 3. The van der Waals surface area contributed by atoms with Crippen molar-refractivity contribution in [1.82, 2.24) is 14.7 Å². The predicted octanol–water partition coefficient (Wildman–Crippen LogP) is 2.75. The molecule has 3 aliphatic rings. The van der Waals surface area contributed by atoms with E-state index in [1.54, 1.807) is 0 Å². The lowest BCUT2D eigenvalue weighted by Gasteiger charge is -2.42. The van der Waals surface area contributed by atoms with E-state index in [-0.39, 0.29) is 17.4 Å². The maximum atomic E-state index is 13.2. The Bertz CT molecular complexity index is 494. The minimum Gasteiger partial charge on any atom is -0.341 e. The van der Waals surface area contributed by atoms with Gasteiger partial charge < -0.3 is 9.80 Å². The van der Waals surface area contributed by atoms with Gasteiger partial charge in [0.2, 0.25) is 11.8 Å². The number of carbonyl (C=O) groups is 2. The van der Waals surface area contributed by atoms with Crippen LogP contribution in [0.1, 0.15) is 65.7 Å². The summed E-state index contributed by atoms with van der Waals surface area (Å²) in [7, 11) is 0. The maximum Gasteiger partial charge on any atom is 0.240 e. The molecule has 2 aliphatic heterocycles. The lowest BCUT2D eigenvalue weighted by molar-refractivity contribution is -0.141. The molecule has 2 heterocycles. The average Bonchev–Trinajstić information content (AvgIpc) is 3.28. The largest absolute Gasteiger partial charge is 0.341 e. The van der Waals surface area contributed by atoms with Crippen LogP contribution in [0.4, 0.5) is 0 Å². The van der Waals surface area contributed by atoms with E-state index in [4.69, 9.17) is 0 Å². The fourth-order valence-electron chi connectivity index (χ4n) is 4.87. The van der Waals surface area contributed by atoms with Crippen molar-refractivity contribution >= 4 is 11.8 Å². The molecule has 5 heteroatoms. The molecule has 0 spiro atoms. The number of amides is 2. The molecular formula is C21H37N3O2. The minimum atomic E-state index is 0.0340. The summed E-state index contributed by atoms with van der Waals surface area (Å²) >= 11 is 0. The third kappa shape index (κ3) is 4.79. The molecule has 0 bridgehead atoms. The first-order chi connectivity index (χ1) is 12.3. The van der Waals surface area contributed by atoms with E-state index in [0.717, 1.165) is 52.1 Å². The molecule has 0 aromatic rings. The van der Waals surface area contributed by atoms with Crippen molar-refractivity contribution in [2.75, 3.05) is 39.3 Å². The molecule has 2 saturated heterocycles. The Morgan fingerprint density at radius 3 is 1.96 bits per heavy atom. The minimum absolute atomic E-state index is 0.0340. The van der Waals surface area contributed by atoms with Gasteiger partial charge in [-0.3, -0.25) is 14.5 Å². The van der Waals surface area contributed by atoms with Gasteiger partial charge in [0.15, 0.2) is 0 Å². The van der Waals surface area contributed by atoms with Gasteiger partial charge in [-0.1, -0.05) is 33.6 Å². The summed E-state index contributed by atoms with van der Waals surface area (Å²) < 4.78 is 0. The highest BCUT2D eigenvalue weighted by Gasteiger charge is 2.39. The van der Waals surface area contributed by atoms with Crippen molar-refractivity contribution < 1.29 is 9.59 Å². The smallest absolute Gasteiger partial charge is 0.240 e. The summed E-state index contributed by atoms with van der Waals surface area (Å²) in [6.45, 7) is 11.5. The second kappa shape index (κ2) is 8.28. The van der Waals surface area contributed by atoms with E-state index < -0.39 is 0 Å². The number of rotatable bonds is 4. The van der Waals surface area contributed by atoms with E-state index in [1.165, 1.54) is 25.7 Å². The van der Waals surface area contributed by atoms with Gasteiger partial charge in [-0.05, 0) is 37.0 Å². The van der Waals surface area contributed by atoms with Crippen LogP contribution in [-0.2, 0) is 9.59 Å². The van der Waals surface area contributed by atoms with E-state index >= 15 is 0 Å². The van der Waals surface area contributed by atoms with Crippen LogP contribution in [0.2, 0.25) is 0 Å². The van der Waals surface area contributed by atoms with Crippen LogP contribution in [0.15, 0.2) is 0 Å². The number of hydrogen-bond donors (Lipinski definition) is 0. The third-order valence-electron chi connectivity index (χ3n) is 6.26. The highest BCUT2D eigenvalue weighted by molar-refractivity contribution is 5.82. The van der Waals surface area contributed by atoms with Crippen molar-refractivity contribution in [3.63, 3.8) is 0 Å². The standard InChI is InChI=1S/C21H37N3O2/c1-21(2,3)16-18(25)22-12-14-23(15-13-22)19(17-8-4-5-9-17)20(26)24-10-6-7-11-24/h17,19H,4-16H2,1-3H3. The molecule has 0 aromatic carbocycles. The van der Waals surface area contributed by atoms with Gasteiger partial charge in [0.05, 0.1) is 6.04 Å². The highest BCUT2D eigenvalue weighted by Crippen LogP contribution is 2.32. The summed E-state index contributed by atoms with van der Waals surface area (Å²) in [5, 5.41) is 0. The zero-order chi connectivity index (χ0) is 18.7. The number of likely N-dealkylation sites (tertiary alicyclic amines) is 1. The Morgan fingerprint density at radius 2 is 1.42 bits per heavy atom. The quantitative estimate of drug-likeness (QED) is 0.771. The molecule has 1 unspecified atom stereocenters. The summed E-state index contributed by atoms with van der Waals surface area (Å²) in [6, 6.07) is 0.0514. The Hall–Kier alpha value is -1.10. The normalized spacial score (nSPS) is 24.3. The molecule has 0 N–H and O–H groups in total. The Labute approximate surface area is 159 Å². The Balaban J connectivity index is 1.61. The van der Waals surface area contributed by atoms with Crippen LogP contribution in [0.25, 0.3) is 0 Å². The van der Waals surface area contributed by atoms with E-state index in [9.17, 15) is 9.59 Å². The molecule has 2 amide bonds. The molecule has 3 rings (SSSR count). The number of hydrogen-bond acceptors (Lipinski definition) is 3. The predicted molar refractivity (Wildman–Crippen MR) is 104 cm³/mol. The fraction of sp³-hybridized carbons (Fsp3) is 0.905. The van der Waals surface area contributed by atoms with E-state index in [0.29, 0.717) is 18.2 Å². The Kier molecular flexibility index (Phi) is 6.26. The molecule has 26 heavy (non-hydrogen) atoms. The van der Waals surface area contributed by atoms with Crippen LogP contribution < -0.4 is 0 Å². The fourth-order valence-corrected chi connectivity index (χ4v) is 4.87. The van der Waals surface area contributed by atoms with E-state index in [2.05, 4.69) is 30.6 Å². The van der Waals surface area contributed by atoms with Crippen LogP contribution >= 0.6 is 0 Å². The zero-order valence-corrected chi connectivity index (χ0v) is 17.0. The van der Waals surface area contributed by atoms with Gasteiger partial charge in [0.1, 0.15) is 0 Å². The second-order valence-electron chi connectivity index (χ2n) is 9.68. The molecule has 0 aromatic heterocycles. The molecule has 1 saturated carbocycles. The summed E-state index contributed by atoms with van der Waals surface area (Å²) in [5.74, 6) is 1.14. The van der Waals surface area contributed by atoms with Crippen LogP contribution in [0.3, 0.4) is 0 Å². The van der Waals surface area contributed by atoms with Crippen LogP contribution in [-0.4, -0.2) is 71.8 Å². The molecule has 1 aliphatic carbocycles. The lowest BCUT2D eigenvalue weighted by Crippen LogP contribution is -2.58. The summed E-state index contributed by atoms with van der Waals surface area (Å²) in [6.07, 6.45) is 7.81. The maximum absolute atomic E-state index is 13.2. The van der Waals surface area contributed by atoms with Gasteiger partial charge in [-0.2, -0.15) is 0 Å². The van der Waals surface area contributed by atoms with Crippen molar-refractivity contribution in [3.05, 3.63) is 0 Å². The second-order valence-corrected chi connectivity index (χ2v) is 9.68. The number of piperazine rings is 1. The summed E-state index contributed by atoms with van der Waals surface area (Å²) in [4.78, 5) is 32.3. The van der Waals surface area contributed by atoms with Crippen molar-refractivity contribution in [2.45, 2.75) is 71.8 Å². The van der Waals surface area contributed by atoms with Gasteiger partial charge >= 0.3 is 0 Å². The van der Waals surface area contributed by atoms with Crippen molar-refractivity contribution in [2.24, 2.45) is 11.3 Å². The Morgan fingerprint density at radius 1 is 0.846 bits per heavy atom. The SMILES string of the molecule is CC(C)(C)CC(=O)N1CCN(C(C(=O)N2CCCC2)C2CCCC2)CC1. The topological polar surface area (TPSA) is 43.9 Å². The van der Waals surface area contributed by atoms with Gasteiger partial charge in [0, 0.05) is 45.7 Å². The molecule has 0 radical (unpaired) electrons. The molecule has 5 nitrogen and oxygen atoms in total. The number of carbonyl (C=O) groups excluding carboxylic acids is 2. The first-order valence-corrected chi connectivity index (χ1v) is 10.7. The van der Waals surface area contributed by atoms with Gasteiger partial charge in [-0.15, -0.1) is 0 Å². The molecule has 148 valence electrons. The first-order valence-electron chi connectivity index (χ1n) is 10.7. The van der Waals surface area contributed by atoms with Crippen molar-refractivity contribution in [3.8, 4) is 0 Å². The molecular weight excluding hydrogens is 326 g/mol. The van der Waals surface area contributed by atoms with E-state index in [1.807, 2.05) is 4.90 Å². The van der Waals surface area contributed by atoms with Gasteiger partial charge in [-0.25, -0.2) is 0 Å². The van der Waals surface area contributed by atoms with Crippen molar-refractivity contribution in [1.29, 1.82) is 0 Å². The average molecular weight is 364 g/mol.